The predicted molar refractivity (Wildman–Crippen MR) is 199 cm³/mol. The standard InChI is InChI=1S/C46H29NO3/c1-50-32-21-19-31(20-22-32)47-42-17-9-8-16-40(42)46(38-14-6-4-12-33(38)34-13-5-7-15-39(34)46)41-25-28(18-23-43(41)47)24-37-44(48)35-26-29-10-2-3-11-30(29)27-36(35)45(37)49/h2-27H,1H3. The summed E-state index contributed by atoms with van der Waals surface area (Å²) in [5, 5.41) is 1.89. The summed E-state index contributed by atoms with van der Waals surface area (Å²) in [6.07, 6.45) is 1.79. The van der Waals surface area contributed by atoms with Crippen molar-refractivity contribution < 1.29 is 14.3 Å². The minimum Gasteiger partial charge on any atom is -0.497 e. The number of hydrogen-bond acceptors (Lipinski definition) is 4. The van der Waals surface area contributed by atoms with Crippen molar-refractivity contribution in [2.24, 2.45) is 0 Å². The van der Waals surface area contributed by atoms with E-state index in [1.54, 1.807) is 13.2 Å². The molecule has 0 atom stereocenters. The van der Waals surface area contributed by atoms with Crippen molar-refractivity contribution in [1.82, 2.24) is 0 Å². The highest BCUT2D eigenvalue weighted by Gasteiger charge is 2.51. The first-order valence-electron chi connectivity index (χ1n) is 16.8. The molecule has 0 aromatic heterocycles. The molecule has 0 bridgehead atoms. The van der Waals surface area contributed by atoms with Crippen molar-refractivity contribution in [1.29, 1.82) is 0 Å². The second kappa shape index (κ2) is 10.5. The monoisotopic (exact) mass is 643 g/mol. The Morgan fingerprint density at radius 1 is 0.520 bits per heavy atom. The largest absolute Gasteiger partial charge is 0.497 e. The van der Waals surface area contributed by atoms with E-state index in [4.69, 9.17) is 4.74 Å². The fourth-order valence-corrected chi connectivity index (χ4v) is 8.53. The number of methoxy groups -OCH3 is 1. The number of carbonyl (C=O) groups excluding carboxylic acids is 2. The molecule has 50 heavy (non-hydrogen) atoms. The van der Waals surface area contributed by atoms with Gasteiger partial charge in [-0.2, -0.15) is 0 Å². The topological polar surface area (TPSA) is 46.6 Å². The Kier molecular flexibility index (Phi) is 5.98. The molecule has 0 unspecified atom stereocenters. The van der Waals surface area contributed by atoms with E-state index in [0.29, 0.717) is 11.1 Å². The molecule has 1 spiro atoms. The number of anilines is 3. The van der Waals surface area contributed by atoms with Crippen molar-refractivity contribution >= 4 is 45.5 Å². The highest BCUT2D eigenvalue weighted by molar-refractivity contribution is 6.42. The summed E-state index contributed by atoms with van der Waals surface area (Å²) >= 11 is 0. The summed E-state index contributed by atoms with van der Waals surface area (Å²) in [5.41, 5.74) is 11.5. The van der Waals surface area contributed by atoms with E-state index in [9.17, 15) is 9.59 Å². The third-order valence-electron chi connectivity index (χ3n) is 10.7. The van der Waals surface area contributed by atoms with Gasteiger partial charge in [-0.05, 0) is 110 Å². The number of benzene rings is 7. The predicted octanol–water partition coefficient (Wildman–Crippen LogP) is 10.5. The molecule has 7 aromatic rings. The van der Waals surface area contributed by atoms with Crippen molar-refractivity contribution in [2.45, 2.75) is 5.41 Å². The zero-order valence-corrected chi connectivity index (χ0v) is 27.2. The van der Waals surface area contributed by atoms with Crippen LogP contribution in [0.5, 0.6) is 5.75 Å². The van der Waals surface area contributed by atoms with Crippen LogP contribution < -0.4 is 9.64 Å². The van der Waals surface area contributed by atoms with Crippen LogP contribution in [0.2, 0.25) is 0 Å². The summed E-state index contributed by atoms with van der Waals surface area (Å²) in [7, 11) is 1.68. The lowest BCUT2D eigenvalue weighted by Crippen LogP contribution is -2.36. The van der Waals surface area contributed by atoms with Crippen LogP contribution in [0.1, 0.15) is 48.5 Å². The quantitative estimate of drug-likeness (QED) is 0.142. The van der Waals surface area contributed by atoms with Crippen LogP contribution in [0, 0.1) is 0 Å². The number of Topliss-reactive ketones (excluding diaryl/α,β-unsaturated/α-hetero) is 2. The normalized spacial score (nSPS) is 14.7. The minimum absolute atomic E-state index is 0.194. The van der Waals surface area contributed by atoms with Gasteiger partial charge in [0, 0.05) is 16.8 Å². The van der Waals surface area contributed by atoms with Gasteiger partial charge in [0.05, 0.1) is 29.5 Å². The maximum atomic E-state index is 13.9. The molecule has 10 rings (SSSR count). The Balaban J connectivity index is 1.24. The molecule has 1 heterocycles. The molecule has 4 nitrogen and oxygen atoms in total. The number of ether oxygens (including phenoxy) is 1. The molecule has 0 saturated carbocycles. The molecular formula is C46H29NO3. The average molecular weight is 644 g/mol. The maximum absolute atomic E-state index is 13.9. The van der Waals surface area contributed by atoms with Gasteiger partial charge >= 0.3 is 0 Å². The molecule has 4 heteroatoms. The Bertz CT molecular complexity index is 2530. The van der Waals surface area contributed by atoms with Gasteiger partial charge in [0.25, 0.3) is 0 Å². The molecule has 7 aromatic carbocycles. The third kappa shape index (κ3) is 3.76. The van der Waals surface area contributed by atoms with E-state index in [2.05, 4.69) is 102 Å². The molecular weight excluding hydrogens is 615 g/mol. The van der Waals surface area contributed by atoms with Crippen molar-refractivity contribution in [3.63, 3.8) is 0 Å². The SMILES string of the molecule is COc1ccc(N2c3ccccc3C3(c4ccccc4-c4ccccc43)c3cc(C=C4C(=O)c5cc6ccccc6cc5C4=O)ccc32)cc1. The molecule has 1 aliphatic heterocycles. The van der Waals surface area contributed by atoms with E-state index >= 15 is 0 Å². The first kappa shape index (κ1) is 28.5. The first-order valence-corrected chi connectivity index (χ1v) is 16.8. The summed E-state index contributed by atoms with van der Waals surface area (Å²) < 4.78 is 5.51. The summed E-state index contributed by atoms with van der Waals surface area (Å²) in [5.74, 6) is 0.325. The van der Waals surface area contributed by atoms with E-state index in [1.165, 1.54) is 22.3 Å². The first-order chi connectivity index (χ1) is 24.6. The molecule has 0 saturated heterocycles. The van der Waals surface area contributed by atoms with E-state index in [1.807, 2.05) is 54.6 Å². The average Bonchev–Trinajstić information content (AvgIpc) is 3.59. The second-order valence-electron chi connectivity index (χ2n) is 13.1. The Labute approximate surface area is 289 Å². The van der Waals surface area contributed by atoms with Crippen LogP contribution in [-0.2, 0) is 5.41 Å². The number of carbonyl (C=O) groups is 2. The second-order valence-corrected chi connectivity index (χ2v) is 13.1. The molecule has 236 valence electrons. The van der Waals surface area contributed by atoms with Gasteiger partial charge < -0.3 is 9.64 Å². The van der Waals surface area contributed by atoms with Crippen LogP contribution in [0.3, 0.4) is 0 Å². The molecule has 0 N–H and O–H groups in total. The lowest BCUT2D eigenvalue weighted by Gasteiger charge is -2.45. The van der Waals surface area contributed by atoms with Crippen molar-refractivity contribution in [3.05, 3.63) is 196 Å². The van der Waals surface area contributed by atoms with Gasteiger partial charge in [-0.3, -0.25) is 9.59 Å². The molecule has 0 amide bonds. The number of para-hydroxylation sites is 1. The fraction of sp³-hybridized carbons (Fsp3) is 0.0435. The molecule has 2 aliphatic carbocycles. The van der Waals surface area contributed by atoms with Gasteiger partial charge in [-0.15, -0.1) is 0 Å². The number of ketones is 2. The molecule has 0 fully saturated rings. The van der Waals surface area contributed by atoms with Gasteiger partial charge in [0.2, 0.25) is 0 Å². The van der Waals surface area contributed by atoms with Crippen LogP contribution in [0.4, 0.5) is 17.1 Å². The molecule has 0 radical (unpaired) electrons. The highest BCUT2D eigenvalue weighted by Crippen LogP contribution is 2.63. The van der Waals surface area contributed by atoms with Gasteiger partial charge in [0.1, 0.15) is 5.75 Å². The summed E-state index contributed by atoms with van der Waals surface area (Å²) in [6.45, 7) is 0. The lowest BCUT2D eigenvalue weighted by atomic mass is 9.64. The van der Waals surface area contributed by atoms with Crippen molar-refractivity contribution in [2.75, 3.05) is 12.0 Å². The van der Waals surface area contributed by atoms with E-state index in [-0.39, 0.29) is 17.1 Å². The number of allylic oxidation sites excluding steroid dienone is 1. The highest BCUT2D eigenvalue weighted by atomic mass is 16.5. The van der Waals surface area contributed by atoms with Crippen LogP contribution in [-0.4, -0.2) is 18.7 Å². The zero-order valence-electron chi connectivity index (χ0n) is 27.2. The van der Waals surface area contributed by atoms with Crippen LogP contribution in [0.25, 0.3) is 28.0 Å². The van der Waals surface area contributed by atoms with E-state index < -0.39 is 5.41 Å². The Morgan fingerprint density at radius 3 is 1.68 bits per heavy atom. The van der Waals surface area contributed by atoms with Gasteiger partial charge in [-0.1, -0.05) is 97.1 Å². The van der Waals surface area contributed by atoms with Crippen LogP contribution >= 0.6 is 0 Å². The Hall–Kier alpha value is -6.52. The molecule has 3 aliphatic rings. The third-order valence-corrected chi connectivity index (χ3v) is 10.7. The van der Waals surface area contributed by atoms with Crippen molar-refractivity contribution in [3.8, 4) is 16.9 Å². The minimum atomic E-state index is -0.638. The number of hydrogen-bond donors (Lipinski definition) is 0. The number of fused-ring (bicyclic) bond motifs is 11. The van der Waals surface area contributed by atoms with Gasteiger partial charge in [0.15, 0.2) is 11.6 Å². The summed E-state index contributed by atoms with van der Waals surface area (Å²) in [4.78, 5) is 30.0. The number of rotatable bonds is 3. The van der Waals surface area contributed by atoms with E-state index in [0.717, 1.165) is 50.3 Å². The lowest BCUT2D eigenvalue weighted by molar-refractivity contribution is 0.0990. The summed E-state index contributed by atoms with van der Waals surface area (Å²) in [6, 6.07) is 52.0. The smallest absolute Gasteiger partial charge is 0.197 e. The Morgan fingerprint density at radius 2 is 1.06 bits per heavy atom. The fourth-order valence-electron chi connectivity index (χ4n) is 8.53. The van der Waals surface area contributed by atoms with Gasteiger partial charge in [-0.25, -0.2) is 0 Å². The maximum Gasteiger partial charge on any atom is 0.197 e. The number of nitrogens with zero attached hydrogens (tertiary/aromatic N) is 1. The zero-order chi connectivity index (χ0) is 33.6. The van der Waals surface area contributed by atoms with Crippen LogP contribution in [0.15, 0.2) is 157 Å².